The molecule has 2 rings (SSSR count). The number of anilines is 1. The zero-order valence-corrected chi connectivity index (χ0v) is 17.9. The number of halogens is 1. The van der Waals surface area contributed by atoms with Gasteiger partial charge in [0.05, 0.1) is 23.1 Å². The van der Waals surface area contributed by atoms with Gasteiger partial charge in [-0.3, -0.25) is 4.79 Å². The van der Waals surface area contributed by atoms with Gasteiger partial charge in [0.15, 0.2) is 21.3 Å². The second-order valence-corrected chi connectivity index (χ2v) is 8.69. The van der Waals surface area contributed by atoms with E-state index in [2.05, 4.69) is 5.32 Å². The molecule has 0 saturated heterocycles. The Balaban J connectivity index is 2.37. The first-order chi connectivity index (χ1) is 13.2. The minimum Gasteiger partial charge on any atom is -0.490 e. The Morgan fingerprint density at radius 3 is 2.46 bits per heavy atom. The summed E-state index contributed by atoms with van der Waals surface area (Å²) in [7, 11) is -3.39. The van der Waals surface area contributed by atoms with Crippen LogP contribution in [-0.2, 0) is 9.84 Å². The van der Waals surface area contributed by atoms with Crippen LogP contribution in [0.25, 0.3) is 0 Å². The molecule has 1 amide bonds. The van der Waals surface area contributed by atoms with E-state index in [0.29, 0.717) is 30.4 Å². The highest BCUT2D eigenvalue weighted by atomic mass is 35.5. The van der Waals surface area contributed by atoms with Crippen molar-refractivity contribution in [1.82, 2.24) is 0 Å². The summed E-state index contributed by atoms with van der Waals surface area (Å²) in [6, 6.07) is 7.65. The summed E-state index contributed by atoms with van der Waals surface area (Å²) in [4.78, 5) is 12.9. The second kappa shape index (κ2) is 9.30. The van der Waals surface area contributed by atoms with Gasteiger partial charge < -0.3 is 14.8 Å². The van der Waals surface area contributed by atoms with Crippen LogP contribution >= 0.6 is 11.6 Å². The van der Waals surface area contributed by atoms with Crippen LogP contribution in [-0.4, -0.2) is 33.8 Å². The summed E-state index contributed by atoms with van der Waals surface area (Å²) < 4.78 is 34.8. The number of sulfone groups is 1. The number of hydrogen-bond donors (Lipinski definition) is 1. The molecule has 28 heavy (non-hydrogen) atoms. The van der Waals surface area contributed by atoms with Crippen LogP contribution in [0.5, 0.6) is 11.5 Å². The molecule has 0 unspecified atom stereocenters. The topological polar surface area (TPSA) is 81.7 Å². The third kappa shape index (κ3) is 5.39. The molecular formula is C20H24ClNO5S. The van der Waals surface area contributed by atoms with Crippen molar-refractivity contribution in [3.05, 3.63) is 46.5 Å². The molecule has 0 heterocycles. The first-order valence-electron chi connectivity index (χ1n) is 8.88. The Kier molecular flexibility index (Phi) is 7.32. The number of hydrogen-bond acceptors (Lipinski definition) is 5. The molecule has 152 valence electrons. The molecule has 0 spiro atoms. The summed E-state index contributed by atoms with van der Waals surface area (Å²) in [6.07, 6.45) is 1.92. The first-order valence-corrected chi connectivity index (χ1v) is 11.2. The Bertz CT molecular complexity index is 973. The van der Waals surface area contributed by atoms with Crippen LogP contribution in [0.15, 0.2) is 35.2 Å². The summed E-state index contributed by atoms with van der Waals surface area (Å²) in [5.74, 6) is 0.353. The maximum atomic E-state index is 12.7. The van der Waals surface area contributed by atoms with Gasteiger partial charge >= 0.3 is 0 Å². The predicted molar refractivity (Wildman–Crippen MR) is 111 cm³/mol. The van der Waals surface area contributed by atoms with Crippen molar-refractivity contribution < 1.29 is 22.7 Å². The van der Waals surface area contributed by atoms with Crippen molar-refractivity contribution in [2.45, 2.75) is 32.1 Å². The highest BCUT2D eigenvalue weighted by molar-refractivity contribution is 7.90. The van der Waals surface area contributed by atoms with Crippen LogP contribution in [0.4, 0.5) is 5.69 Å². The van der Waals surface area contributed by atoms with Crippen molar-refractivity contribution in [1.29, 1.82) is 0 Å². The maximum absolute atomic E-state index is 12.7. The molecule has 0 aliphatic heterocycles. The van der Waals surface area contributed by atoms with E-state index in [1.54, 1.807) is 19.1 Å². The van der Waals surface area contributed by atoms with Gasteiger partial charge in [0.2, 0.25) is 0 Å². The van der Waals surface area contributed by atoms with E-state index >= 15 is 0 Å². The molecule has 0 aromatic heterocycles. The minimum absolute atomic E-state index is 0.129. The van der Waals surface area contributed by atoms with Crippen LogP contribution in [0.1, 0.15) is 36.2 Å². The van der Waals surface area contributed by atoms with E-state index in [9.17, 15) is 13.2 Å². The molecule has 2 aromatic rings. The standard InChI is InChI=1S/C20H24ClNO5S/c1-5-9-27-19-16(21)10-14(11-18(19)26-6-2)20(23)22-17-12-15(28(4,24)25)8-7-13(17)3/h7-8,10-12H,5-6,9H2,1-4H3,(H,22,23). The van der Waals surface area contributed by atoms with E-state index in [-0.39, 0.29) is 15.5 Å². The molecule has 0 bridgehead atoms. The number of amides is 1. The van der Waals surface area contributed by atoms with Gasteiger partial charge in [0.1, 0.15) is 0 Å². The van der Waals surface area contributed by atoms with E-state index in [0.717, 1.165) is 18.2 Å². The van der Waals surface area contributed by atoms with Gasteiger partial charge in [0, 0.05) is 17.5 Å². The SMILES string of the molecule is CCCOc1c(Cl)cc(C(=O)Nc2cc(S(C)(=O)=O)ccc2C)cc1OCC. The molecule has 6 nitrogen and oxygen atoms in total. The predicted octanol–water partition coefficient (Wildman–Crippen LogP) is 4.49. The Labute approximate surface area is 170 Å². The van der Waals surface area contributed by atoms with E-state index in [1.807, 2.05) is 13.8 Å². The maximum Gasteiger partial charge on any atom is 0.255 e. The lowest BCUT2D eigenvalue weighted by molar-refractivity contribution is 0.102. The fourth-order valence-electron chi connectivity index (χ4n) is 2.47. The highest BCUT2D eigenvalue weighted by Crippen LogP contribution is 2.37. The molecule has 1 N–H and O–H groups in total. The smallest absolute Gasteiger partial charge is 0.255 e. The first kappa shape index (κ1) is 22.0. The number of rotatable bonds is 8. The number of nitrogens with one attached hydrogen (secondary N) is 1. The van der Waals surface area contributed by atoms with E-state index < -0.39 is 15.7 Å². The second-order valence-electron chi connectivity index (χ2n) is 6.27. The molecule has 2 aromatic carbocycles. The molecule has 0 atom stereocenters. The third-order valence-corrected chi connectivity index (χ3v) is 5.30. The van der Waals surface area contributed by atoms with Crippen molar-refractivity contribution in [2.24, 2.45) is 0 Å². The lowest BCUT2D eigenvalue weighted by atomic mass is 10.1. The van der Waals surface area contributed by atoms with Crippen LogP contribution in [0.3, 0.4) is 0 Å². The molecule has 0 fully saturated rings. The summed E-state index contributed by atoms with van der Waals surface area (Å²) >= 11 is 6.31. The molecule has 0 aliphatic carbocycles. The fraction of sp³-hybridized carbons (Fsp3) is 0.350. The van der Waals surface area contributed by atoms with Crippen LogP contribution < -0.4 is 14.8 Å². The number of carbonyl (C=O) groups excluding carboxylic acids is 1. The van der Waals surface area contributed by atoms with Crippen molar-refractivity contribution in [3.63, 3.8) is 0 Å². The molecular weight excluding hydrogens is 402 g/mol. The van der Waals surface area contributed by atoms with Crippen LogP contribution in [0.2, 0.25) is 5.02 Å². The highest BCUT2D eigenvalue weighted by Gasteiger charge is 2.18. The normalized spacial score (nSPS) is 11.2. The molecule has 0 saturated carbocycles. The number of benzene rings is 2. The summed E-state index contributed by atoms with van der Waals surface area (Å²) in [5, 5.41) is 3.01. The fourth-order valence-corrected chi connectivity index (χ4v) is 3.38. The van der Waals surface area contributed by atoms with Gasteiger partial charge in [-0.25, -0.2) is 8.42 Å². The van der Waals surface area contributed by atoms with Gasteiger partial charge in [-0.2, -0.15) is 0 Å². The summed E-state index contributed by atoms with van der Waals surface area (Å²) in [6.45, 7) is 6.44. The van der Waals surface area contributed by atoms with Gasteiger partial charge in [-0.05, 0) is 50.1 Å². The summed E-state index contributed by atoms with van der Waals surface area (Å²) in [5.41, 5.74) is 1.43. The Morgan fingerprint density at radius 2 is 1.86 bits per heavy atom. The van der Waals surface area contributed by atoms with Crippen molar-refractivity contribution in [2.75, 3.05) is 24.8 Å². The van der Waals surface area contributed by atoms with E-state index in [4.69, 9.17) is 21.1 Å². The zero-order chi connectivity index (χ0) is 20.9. The Hall–Kier alpha value is -2.25. The number of carbonyl (C=O) groups is 1. The molecule has 8 heteroatoms. The average Bonchev–Trinajstić information content (AvgIpc) is 2.62. The monoisotopic (exact) mass is 425 g/mol. The van der Waals surface area contributed by atoms with Crippen molar-refractivity contribution in [3.8, 4) is 11.5 Å². The molecule has 0 radical (unpaired) electrons. The minimum atomic E-state index is -3.39. The zero-order valence-electron chi connectivity index (χ0n) is 16.3. The van der Waals surface area contributed by atoms with Gasteiger partial charge in [0.25, 0.3) is 5.91 Å². The quantitative estimate of drug-likeness (QED) is 0.673. The van der Waals surface area contributed by atoms with Crippen LogP contribution in [0, 0.1) is 6.92 Å². The van der Waals surface area contributed by atoms with Gasteiger partial charge in [-0.15, -0.1) is 0 Å². The van der Waals surface area contributed by atoms with E-state index in [1.165, 1.54) is 18.2 Å². The lowest BCUT2D eigenvalue weighted by Crippen LogP contribution is -2.14. The molecule has 0 aliphatic rings. The lowest BCUT2D eigenvalue weighted by Gasteiger charge is -2.15. The average molecular weight is 426 g/mol. The third-order valence-electron chi connectivity index (χ3n) is 3.91. The number of ether oxygens (including phenoxy) is 2. The Morgan fingerprint density at radius 1 is 1.14 bits per heavy atom. The number of aryl methyl sites for hydroxylation is 1. The van der Waals surface area contributed by atoms with Crippen molar-refractivity contribution >= 4 is 33.0 Å². The largest absolute Gasteiger partial charge is 0.490 e. The van der Waals surface area contributed by atoms with Gasteiger partial charge in [-0.1, -0.05) is 24.6 Å².